The highest BCUT2D eigenvalue weighted by atomic mass is 16.5. The van der Waals surface area contributed by atoms with Gasteiger partial charge in [0.2, 0.25) is 5.91 Å². The van der Waals surface area contributed by atoms with Gasteiger partial charge in [-0.05, 0) is 38.7 Å². The summed E-state index contributed by atoms with van der Waals surface area (Å²) in [5, 5.41) is 15.6. The molecule has 192 valence electrons. The molecule has 1 aromatic heterocycles. The fourth-order valence-electron chi connectivity index (χ4n) is 3.61. The summed E-state index contributed by atoms with van der Waals surface area (Å²) in [6, 6.07) is -0.919. The van der Waals surface area contributed by atoms with E-state index in [1.807, 2.05) is 45.9 Å². The first-order valence-electron chi connectivity index (χ1n) is 12.0. The van der Waals surface area contributed by atoms with Crippen LogP contribution in [0.1, 0.15) is 63.8 Å². The Bertz CT molecular complexity index is 962. The van der Waals surface area contributed by atoms with Gasteiger partial charge in [-0.2, -0.15) is 0 Å². The van der Waals surface area contributed by atoms with Gasteiger partial charge in [0.15, 0.2) is 11.6 Å². The summed E-state index contributed by atoms with van der Waals surface area (Å²) < 4.78 is 11.0. The van der Waals surface area contributed by atoms with Gasteiger partial charge in [-0.1, -0.05) is 50.6 Å². The number of fused-ring (bicyclic) bond motifs is 2. The number of aliphatic hydroxyl groups is 1. The fourth-order valence-corrected chi connectivity index (χ4v) is 3.61. The summed E-state index contributed by atoms with van der Waals surface area (Å²) in [5.41, 5.74) is 1.04. The molecule has 0 spiro atoms. The van der Waals surface area contributed by atoms with Gasteiger partial charge in [0.1, 0.15) is 18.4 Å². The molecule has 0 saturated carbocycles. The van der Waals surface area contributed by atoms with E-state index in [1.165, 1.54) is 19.3 Å². The lowest BCUT2D eigenvalue weighted by Gasteiger charge is -2.27. The Labute approximate surface area is 206 Å². The van der Waals surface area contributed by atoms with E-state index in [0.29, 0.717) is 19.4 Å². The summed E-state index contributed by atoms with van der Waals surface area (Å²) in [7, 11) is 0. The standard InChI is InChI=1S/C26H37N3O6/c1-16(2)24-18(4)11-12-22(31)27-13-7-9-17(3)8-6-10-20(30)14-23-29-21(15-34-23)25(32)28-19(5)26(33)35-24/h7-9,11-12,15-16,18-20,24,30H,6,10,13-14H2,1-5H3,(H,27,31)(H,28,32). The van der Waals surface area contributed by atoms with Crippen molar-refractivity contribution in [1.29, 1.82) is 0 Å². The van der Waals surface area contributed by atoms with Crippen LogP contribution >= 0.6 is 0 Å². The number of esters is 1. The molecule has 2 amide bonds. The van der Waals surface area contributed by atoms with Gasteiger partial charge in [0, 0.05) is 12.5 Å². The van der Waals surface area contributed by atoms with Crippen LogP contribution in [-0.2, 0) is 20.7 Å². The summed E-state index contributed by atoms with van der Waals surface area (Å²) >= 11 is 0. The maximum atomic E-state index is 12.7. The second-order valence-corrected chi connectivity index (χ2v) is 9.22. The average Bonchev–Trinajstić information content (AvgIpc) is 3.26. The smallest absolute Gasteiger partial charge is 0.328 e. The zero-order valence-electron chi connectivity index (χ0n) is 21.1. The van der Waals surface area contributed by atoms with Crippen LogP contribution in [0, 0.1) is 11.8 Å². The third kappa shape index (κ3) is 9.52. The molecule has 9 heteroatoms. The molecule has 3 N–H and O–H groups in total. The van der Waals surface area contributed by atoms with Gasteiger partial charge < -0.3 is 24.9 Å². The lowest BCUT2D eigenvalue weighted by molar-refractivity contribution is -0.155. The number of hydrogen-bond donors (Lipinski definition) is 3. The van der Waals surface area contributed by atoms with Crippen molar-refractivity contribution < 1.29 is 28.6 Å². The van der Waals surface area contributed by atoms with Crippen molar-refractivity contribution in [1.82, 2.24) is 15.6 Å². The van der Waals surface area contributed by atoms with E-state index >= 15 is 0 Å². The number of aliphatic hydroxyl groups excluding tert-OH is 1. The molecule has 9 nitrogen and oxygen atoms in total. The minimum absolute atomic E-state index is 0.0127. The van der Waals surface area contributed by atoms with Crippen LogP contribution in [0.4, 0.5) is 0 Å². The zero-order chi connectivity index (χ0) is 26.0. The summed E-state index contributed by atoms with van der Waals surface area (Å²) in [4.78, 5) is 41.5. The Morgan fingerprint density at radius 2 is 1.91 bits per heavy atom. The highest BCUT2D eigenvalue weighted by Gasteiger charge is 2.27. The number of hydrogen-bond acceptors (Lipinski definition) is 7. The van der Waals surface area contributed by atoms with Gasteiger partial charge in [0.05, 0.1) is 12.5 Å². The number of nitrogens with one attached hydrogen (secondary N) is 2. The third-order valence-corrected chi connectivity index (χ3v) is 5.62. The molecule has 2 heterocycles. The number of allylic oxidation sites excluding steroid dienone is 3. The molecular weight excluding hydrogens is 450 g/mol. The number of carbonyl (C=O) groups excluding carboxylic acids is 3. The normalized spacial score (nSPS) is 26.0. The molecule has 1 aromatic rings. The van der Waals surface area contributed by atoms with Crippen molar-refractivity contribution in [2.75, 3.05) is 6.54 Å². The molecule has 1 aliphatic heterocycles. The van der Waals surface area contributed by atoms with Crippen LogP contribution in [0.5, 0.6) is 0 Å². The van der Waals surface area contributed by atoms with Crippen molar-refractivity contribution in [3.8, 4) is 0 Å². The van der Waals surface area contributed by atoms with Gasteiger partial charge in [-0.3, -0.25) is 9.59 Å². The molecule has 2 rings (SSSR count). The molecule has 0 saturated heterocycles. The molecule has 2 bridgehead atoms. The molecule has 4 unspecified atom stereocenters. The lowest BCUT2D eigenvalue weighted by Crippen LogP contribution is -2.42. The number of cyclic esters (lactones) is 1. The molecule has 4 atom stereocenters. The third-order valence-electron chi connectivity index (χ3n) is 5.62. The van der Waals surface area contributed by atoms with Crippen LogP contribution < -0.4 is 10.6 Å². The predicted octanol–water partition coefficient (Wildman–Crippen LogP) is 2.87. The highest BCUT2D eigenvalue weighted by molar-refractivity contribution is 5.94. The van der Waals surface area contributed by atoms with Crippen molar-refractivity contribution in [2.24, 2.45) is 11.8 Å². The minimum atomic E-state index is -0.919. The Balaban J connectivity index is 2.20. The van der Waals surface area contributed by atoms with Crippen molar-refractivity contribution in [2.45, 2.75) is 72.1 Å². The first kappa shape index (κ1) is 28.0. The van der Waals surface area contributed by atoms with Crippen LogP contribution in [0.25, 0.3) is 0 Å². The van der Waals surface area contributed by atoms with Crippen molar-refractivity contribution in [3.05, 3.63) is 53.8 Å². The molecule has 0 aliphatic carbocycles. The molecule has 0 aromatic carbocycles. The van der Waals surface area contributed by atoms with E-state index in [-0.39, 0.29) is 35.7 Å². The van der Waals surface area contributed by atoms with Gasteiger partial charge >= 0.3 is 5.97 Å². The second kappa shape index (κ2) is 13.6. The SMILES string of the molecule is CC1=CCCC(O)Cc2nc(co2)C(=O)NC(C)C(=O)OC(C(C)C)C(C)C=CC(=O)NCC=C1. The monoisotopic (exact) mass is 487 g/mol. The van der Waals surface area contributed by atoms with Crippen LogP contribution in [0.2, 0.25) is 0 Å². The average molecular weight is 488 g/mol. The van der Waals surface area contributed by atoms with Gasteiger partial charge in [-0.25, -0.2) is 9.78 Å². The molecule has 0 fully saturated rings. The topological polar surface area (TPSA) is 131 Å². The Hall–Kier alpha value is -3.20. The largest absolute Gasteiger partial charge is 0.460 e. The van der Waals surface area contributed by atoms with E-state index in [1.54, 1.807) is 6.08 Å². The van der Waals surface area contributed by atoms with E-state index < -0.39 is 30.1 Å². The molecule has 35 heavy (non-hydrogen) atoms. The summed E-state index contributed by atoms with van der Waals surface area (Å²) in [5.74, 6) is -1.40. The van der Waals surface area contributed by atoms with E-state index in [9.17, 15) is 19.5 Å². The van der Waals surface area contributed by atoms with Gasteiger partial charge in [0.25, 0.3) is 5.91 Å². The number of oxazole rings is 1. The summed E-state index contributed by atoms with van der Waals surface area (Å²) in [6.45, 7) is 9.56. The van der Waals surface area contributed by atoms with Crippen molar-refractivity contribution in [3.63, 3.8) is 0 Å². The number of aromatic nitrogens is 1. The minimum Gasteiger partial charge on any atom is -0.460 e. The molecular formula is C26H37N3O6. The Morgan fingerprint density at radius 3 is 2.63 bits per heavy atom. The van der Waals surface area contributed by atoms with Gasteiger partial charge in [-0.15, -0.1) is 0 Å². The zero-order valence-corrected chi connectivity index (χ0v) is 21.1. The number of nitrogens with zero attached hydrogens (tertiary/aromatic N) is 1. The number of carbonyl (C=O) groups is 3. The maximum absolute atomic E-state index is 12.7. The number of ether oxygens (including phenoxy) is 1. The van der Waals surface area contributed by atoms with Crippen LogP contribution in [0.15, 0.2) is 46.6 Å². The highest BCUT2D eigenvalue weighted by Crippen LogP contribution is 2.19. The lowest BCUT2D eigenvalue weighted by atomic mass is 9.94. The van der Waals surface area contributed by atoms with E-state index in [0.717, 1.165) is 5.57 Å². The van der Waals surface area contributed by atoms with E-state index in [2.05, 4.69) is 15.6 Å². The Kier molecular flexibility index (Phi) is 10.9. The Morgan fingerprint density at radius 1 is 1.17 bits per heavy atom. The fraction of sp³-hybridized carbons (Fsp3) is 0.538. The van der Waals surface area contributed by atoms with Crippen molar-refractivity contribution >= 4 is 17.8 Å². The van der Waals surface area contributed by atoms with Crippen LogP contribution in [-0.4, -0.2) is 52.7 Å². The maximum Gasteiger partial charge on any atom is 0.328 e. The second-order valence-electron chi connectivity index (χ2n) is 9.22. The predicted molar refractivity (Wildman–Crippen MR) is 131 cm³/mol. The summed E-state index contributed by atoms with van der Waals surface area (Å²) in [6.07, 6.45) is 10.3. The first-order valence-corrected chi connectivity index (χ1v) is 12.0. The molecule has 1 aliphatic rings. The van der Waals surface area contributed by atoms with Crippen LogP contribution in [0.3, 0.4) is 0 Å². The number of amides is 2. The first-order chi connectivity index (χ1) is 16.6. The quantitative estimate of drug-likeness (QED) is 0.519. The van der Waals surface area contributed by atoms with E-state index in [4.69, 9.17) is 9.15 Å². The number of rotatable bonds is 1. The molecule has 0 radical (unpaired) electrons.